The first-order valence-electron chi connectivity index (χ1n) is 6.82. The van der Waals surface area contributed by atoms with Gasteiger partial charge < -0.3 is 15.2 Å². The molecule has 4 nitrogen and oxygen atoms in total. The highest BCUT2D eigenvalue weighted by atomic mass is 16.5. The number of ether oxygens (including phenoxy) is 2. The predicted molar refractivity (Wildman–Crippen MR) is 79.1 cm³/mol. The number of para-hydroxylation sites is 2. The Bertz CT molecular complexity index is 556. The summed E-state index contributed by atoms with van der Waals surface area (Å²) in [6.45, 7) is 4.63. The fourth-order valence-corrected chi connectivity index (χ4v) is 1.80. The van der Waals surface area contributed by atoms with Crippen molar-refractivity contribution in [3.63, 3.8) is 0 Å². The zero-order valence-corrected chi connectivity index (χ0v) is 11.9. The highest BCUT2D eigenvalue weighted by Gasteiger charge is 2.12. The molecule has 2 aromatic rings. The molecule has 0 saturated carbocycles. The third kappa shape index (κ3) is 3.48. The summed E-state index contributed by atoms with van der Waals surface area (Å²) in [5.41, 5.74) is 6.81. The van der Waals surface area contributed by atoms with E-state index in [2.05, 4.69) is 11.9 Å². The molecule has 1 aromatic carbocycles. The number of hydrogen-bond acceptors (Lipinski definition) is 4. The van der Waals surface area contributed by atoms with E-state index in [0.29, 0.717) is 18.2 Å². The summed E-state index contributed by atoms with van der Waals surface area (Å²) in [7, 11) is 0. The van der Waals surface area contributed by atoms with Gasteiger partial charge in [0.25, 0.3) is 0 Å². The lowest BCUT2D eigenvalue weighted by atomic mass is 10.1. The van der Waals surface area contributed by atoms with E-state index in [4.69, 9.17) is 15.2 Å². The lowest BCUT2D eigenvalue weighted by molar-refractivity contribution is 0.300. The van der Waals surface area contributed by atoms with Gasteiger partial charge in [0.15, 0.2) is 11.5 Å². The summed E-state index contributed by atoms with van der Waals surface area (Å²) in [6.07, 6.45) is 2.64. The van der Waals surface area contributed by atoms with Crippen molar-refractivity contribution in [2.45, 2.75) is 26.3 Å². The van der Waals surface area contributed by atoms with Crippen LogP contribution in [-0.4, -0.2) is 11.6 Å². The van der Waals surface area contributed by atoms with E-state index in [-0.39, 0.29) is 6.04 Å². The van der Waals surface area contributed by atoms with E-state index in [1.807, 2.05) is 43.3 Å². The summed E-state index contributed by atoms with van der Waals surface area (Å²) in [5, 5.41) is 0. The topological polar surface area (TPSA) is 57.4 Å². The van der Waals surface area contributed by atoms with Crippen molar-refractivity contribution in [2.75, 3.05) is 6.61 Å². The molecule has 0 fully saturated rings. The van der Waals surface area contributed by atoms with E-state index in [9.17, 15) is 0 Å². The molecule has 0 spiro atoms. The molecule has 20 heavy (non-hydrogen) atoms. The third-order valence-corrected chi connectivity index (χ3v) is 2.81. The van der Waals surface area contributed by atoms with Gasteiger partial charge in [-0.05, 0) is 31.5 Å². The maximum Gasteiger partial charge on any atom is 0.224 e. The van der Waals surface area contributed by atoms with Crippen LogP contribution >= 0.6 is 0 Å². The SMILES string of the molecule is CCCOc1ccccc1Oc1ncccc1C(C)N. The normalized spacial score (nSPS) is 11.9. The van der Waals surface area contributed by atoms with Crippen LogP contribution in [0.1, 0.15) is 31.9 Å². The molecule has 0 aliphatic heterocycles. The van der Waals surface area contributed by atoms with Crippen LogP contribution in [0.25, 0.3) is 0 Å². The molecule has 2 rings (SSSR count). The van der Waals surface area contributed by atoms with Crippen LogP contribution < -0.4 is 15.2 Å². The minimum absolute atomic E-state index is 0.137. The molecule has 0 saturated heterocycles. The van der Waals surface area contributed by atoms with Crippen molar-refractivity contribution < 1.29 is 9.47 Å². The van der Waals surface area contributed by atoms with Crippen LogP contribution in [0, 0.1) is 0 Å². The maximum absolute atomic E-state index is 5.94. The Morgan fingerprint density at radius 3 is 2.60 bits per heavy atom. The van der Waals surface area contributed by atoms with E-state index < -0.39 is 0 Å². The first-order chi connectivity index (χ1) is 9.72. The molecule has 106 valence electrons. The van der Waals surface area contributed by atoms with E-state index in [1.165, 1.54) is 0 Å². The first kappa shape index (κ1) is 14.3. The largest absolute Gasteiger partial charge is 0.490 e. The van der Waals surface area contributed by atoms with E-state index >= 15 is 0 Å². The van der Waals surface area contributed by atoms with E-state index in [0.717, 1.165) is 17.7 Å². The number of aromatic nitrogens is 1. The Morgan fingerprint density at radius 1 is 1.15 bits per heavy atom. The zero-order valence-electron chi connectivity index (χ0n) is 11.9. The van der Waals surface area contributed by atoms with E-state index in [1.54, 1.807) is 6.20 Å². The van der Waals surface area contributed by atoms with Gasteiger partial charge in [-0.15, -0.1) is 0 Å². The second kappa shape index (κ2) is 6.91. The lowest BCUT2D eigenvalue weighted by Gasteiger charge is -2.14. The van der Waals surface area contributed by atoms with Gasteiger partial charge >= 0.3 is 0 Å². The summed E-state index contributed by atoms with van der Waals surface area (Å²) >= 11 is 0. The Hall–Kier alpha value is -2.07. The molecule has 2 N–H and O–H groups in total. The van der Waals surface area contributed by atoms with Crippen molar-refractivity contribution in [2.24, 2.45) is 5.73 Å². The zero-order chi connectivity index (χ0) is 14.4. The van der Waals surface area contributed by atoms with Crippen LogP contribution in [0.4, 0.5) is 0 Å². The summed E-state index contributed by atoms with van der Waals surface area (Å²) in [4.78, 5) is 4.26. The van der Waals surface area contributed by atoms with Gasteiger partial charge in [-0.25, -0.2) is 4.98 Å². The van der Waals surface area contributed by atoms with Crippen LogP contribution in [0.3, 0.4) is 0 Å². The maximum atomic E-state index is 5.94. The first-order valence-corrected chi connectivity index (χ1v) is 6.82. The second-order valence-corrected chi connectivity index (χ2v) is 4.58. The van der Waals surface area contributed by atoms with Gasteiger partial charge in [0.1, 0.15) is 0 Å². The summed E-state index contributed by atoms with van der Waals surface area (Å²) < 4.78 is 11.6. The van der Waals surface area contributed by atoms with Crippen molar-refractivity contribution >= 4 is 0 Å². The van der Waals surface area contributed by atoms with Crippen molar-refractivity contribution in [1.82, 2.24) is 4.98 Å². The molecular weight excluding hydrogens is 252 g/mol. The second-order valence-electron chi connectivity index (χ2n) is 4.58. The number of nitrogens with two attached hydrogens (primary N) is 1. The molecule has 1 atom stereocenters. The Labute approximate surface area is 119 Å². The van der Waals surface area contributed by atoms with Gasteiger partial charge in [-0.1, -0.05) is 25.1 Å². The highest BCUT2D eigenvalue weighted by molar-refractivity contribution is 5.43. The average Bonchev–Trinajstić information content (AvgIpc) is 2.47. The summed E-state index contributed by atoms with van der Waals surface area (Å²) in [6, 6.07) is 11.2. The van der Waals surface area contributed by atoms with Gasteiger partial charge in [0, 0.05) is 17.8 Å². The van der Waals surface area contributed by atoms with Crippen LogP contribution in [-0.2, 0) is 0 Å². The Kier molecular flexibility index (Phi) is 4.96. The van der Waals surface area contributed by atoms with Crippen molar-refractivity contribution in [3.8, 4) is 17.4 Å². The smallest absolute Gasteiger partial charge is 0.224 e. The van der Waals surface area contributed by atoms with Gasteiger partial charge in [0.2, 0.25) is 5.88 Å². The number of hydrogen-bond donors (Lipinski definition) is 1. The standard InChI is InChI=1S/C16H20N2O2/c1-3-11-19-14-8-4-5-9-15(14)20-16-13(12(2)17)7-6-10-18-16/h4-10,12H,3,11,17H2,1-2H3. The van der Waals surface area contributed by atoms with Crippen molar-refractivity contribution in [3.05, 3.63) is 48.2 Å². The molecule has 4 heteroatoms. The number of pyridine rings is 1. The van der Waals surface area contributed by atoms with Crippen LogP contribution in [0.15, 0.2) is 42.6 Å². The molecule has 0 bridgehead atoms. The van der Waals surface area contributed by atoms with Gasteiger partial charge in [0.05, 0.1) is 6.61 Å². The molecule has 1 unspecified atom stereocenters. The minimum atomic E-state index is -0.137. The fourth-order valence-electron chi connectivity index (χ4n) is 1.80. The number of nitrogens with zero attached hydrogens (tertiary/aromatic N) is 1. The van der Waals surface area contributed by atoms with Gasteiger partial charge in [-0.3, -0.25) is 0 Å². The predicted octanol–water partition coefficient (Wildman–Crippen LogP) is 3.68. The molecule has 0 radical (unpaired) electrons. The fraction of sp³-hybridized carbons (Fsp3) is 0.312. The number of benzene rings is 1. The Balaban J connectivity index is 2.26. The molecule has 1 heterocycles. The van der Waals surface area contributed by atoms with Crippen molar-refractivity contribution in [1.29, 1.82) is 0 Å². The molecular formula is C16H20N2O2. The third-order valence-electron chi connectivity index (χ3n) is 2.81. The van der Waals surface area contributed by atoms with Crippen LogP contribution in [0.5, 0.6) is 17.4 Å². The van der Waals surface area contributed by atoms with Crippen LogP contribution in [0.2, 0.25) is 0 Å². The quantitative estimate of drug-likeness (QED) is 0.871. The molecule has 0 aliphatic rings. The lowest BCUT2D eigenvalue weighted by Crippen LogP contribution is -2.07. The average molecular weight is 272 g/mol. The minimum Gasteiger partial charge on any atom is -0.490 e. The van der Waals surface area contributed by atoms with Gasteiger partial charge in [-0.2, -0.15) is 0 Å². The molecule has 0 aliphatic carbocycles. The Morgan fingerprint density at radius 2 is 1.90 bits per heavy atom. The monoisotopic (exact) mass is 272 g/mol. The molecule has 1 aromatic heterocycles. The summed E-state index contributed by atoms with van der Waals surface area (Å²) in [5.74, 6) is 1.90. The number of rotatable bonds is 6. The molecule has 0 amide bonds. The highest BCUT2D eigenvalue weighted by Crippen LogP contribution is 2.33.